The monoisotopic (exact) mass is 175 g/mol. The van der Waals surface area contributed by atoms with Crippen molar-refractivity contribution in [1.82, 2.24) is 14.6 Å². The van der Waals surface area contributed by atoms with E-state index in [0.717, 1.165) is 16.9 Å². The molecule has 0 aromatic carbocycles. The first-order valence-electron chi connectivity index (χ1n) is 4.49. The van der Waals surface area contributed by atoms with Crippen molar-refractivity contribution >= 4 is 5.52 Å². The Morgan fingerprint density at radius 1 is 1.38 bits per heavy atom. The molecule has 2 rings (SSSR count). The van der Waals surface area contributed by atoms with E-state index in [4.69, 9.17) is 0 Å². The highest BCUT2D eigenvalue weighted by Crippen LogP contribution is 2.17. The van der Waals surface area contributed by atoms with Crippen molar-refractivity contribution in [3.63, 3.8) is 0 Å². The third kappa shape index (κ3) is 1.30. The number of nitrogens with zero attached hydrogens (tertiary/aromatic N) is 3. The summed E-state index contributed by atoms with van der Waals surface area (Å²) in [7, 11) is 0. The summed E-state index contributed by atoms with van der Waals surface area (Å²) >= 11 is 0. The van der Waals surface area contributed by atoms with Gasteiger partial charge >= 0.3 is 0 Å². The summed E-state index contributed by atoms with van der Waals surface area (Å²) in [6.07, 6.45) is 3.75. The lowest BCUT2D eigenvalue weighted by Crippen LogP contribution is -2.00. The van der Waals surface area contributed by atoms with Crippen LogP contribution in [0.25, 0.3) is 5.52 Å². The molecule has 68 valence electrons. The van der Waals surface area contributed by atoms with Crippen LogP contribution in [0, 0.1) is 6.92 Å². The van der Waals surface area contributed by atoms with Crippen LogP contribution < -0.4 is 0 Å². The third-order valence-corrected chi connectivity index (χ3v) is 2.09. The van der Waals surface area contributed by atoms with Gasteiger partial charge in [-0.3, -0.25) is 4.98 Å². The lowest BCUT2D eigenvalue weighted by molar-refractivity contribution is 0.798. The highest BCUT2D eigenvalue weighted by molar-refractivity contribution is 5.51. The van der Waals surface area contributed by atoms with Gasteiger partial charge in [-0.15, -0.1) is 0 Å². The third-order valence-electron chi connectivity index (χ3n) is 2.09. The summed E-state index contributed by atoms with van der Waals surface area (Å²) in [6.45, 7) is 6.29. The minimum Gasteiger partial charge on any atom is -0.254 e. The van der Waals surface area contributed by atoms with Crippen LogP contribution in [-0.4, -0.2) is 14.6 Å². The molecule has 3 nitrogen and oxygen atoms in total. The highest BCUT2D eigenvalue weighted by Gasteiger charge is 2.07. The summed E-state index contributed by atoms with van der Waals surface area (Å²) in [4.78, 5) is 4.51. The quantitative estimate of drug-likeness (QED) is 0.664. The average Bonchev–Trinajstić information content (AvgIpc) is 2.49. The van der Waals surface area contributed by atoms with E-state index in [9.17, 15) is 0 Å². The predicted molar refractivity (Wildman–Crippen MR) is 51.8 cm³/mol. The lowest BCUT2D eigenvalue weighted by atomic mass is 10.1. The van der Waals surface area contributed by atoms with Gasteiger partial charge in [0.2, 0.25) is 0 Å². The van der Waals surface area contributed by atoms with E-state index in [1.807, 2.05) is 29.9 Å². The van der Waals surface area contributed by atoms with E-state index in [2.05, 4.69) is 23.9 Å². The molecule has 2 aromatic rings. The molecule has 0 amide bonds. The fourth-order valence-electron chi connectivity index (χ4n) is 1.50. The molecule has 0 aliphatic rings. The van der Waals surface area contributed by atoms with Crippen LogP contribution in [-0.2, 0) is 0 Å². The maximum Gasteiger partial charge on any atom is 0.0879 e. The van der Waals surface area contributed by atoms with Gasteiger partial charge in [0.05, 0.1) is 29.3 Å². The van der Waals surface area contributed by atoms with E-state index >= 15 is 0 Å². The molecule has 0 spiro atoms. The molecule has 2 aromatic heterocycles. The fourth-order valence-corrected chi connectivity index (χ4v) is 1.50. The Labute approximate surface area is 77.4 Å². The van der Waals surface area contributed by atoms with E-state index in [-0.39, 0.29) is 0 Å². The van der Waals surface area contributed by atoms with Crippen LogP contribution in [0.1, 0.15) is 31.2 Å². The van der Waals surface area contributed by atoms with Crippen LogP contribution in [0.4, 0.5) is 0 Å². The van der Waals surface area contributed by atoms with Crippen LogP contribution in [0.3, 0.4) is 0 Å². The first-order chi connectivity index (χ1) is 6.18. The van der Waals surface area contributed by atoms with Gasteiger partial charge in [0.1, 0.15) is 0 Å². The number of hydrogen-bond donors (Lipinski definition) is 0. The Kier molecular flexibility index (Phi) is 1.79. The fraction of sp³-hybridized carbons (Fsp3) is 0.400. The van der Waals surface area contributed by atoms with Crippen molar-refractivity contribution < 1.29 is 0 Å². The predicted octanol–water partition coefficient (Wildman–Crippen LogP) is 2.16. The number of rotatable bonds is 1. The number of hydrogen-bond acceptors (Lipinski definition) is 2. The second kappa shape index (κ2) is 2.83. The Hall–Kier alpha value is -1.38. The Morgan fingerprint density at radius 2 is 2.15 bits per heavy atom. The number of aromatic nitrogens is 3. The van der Waals surface area contributed by atoms with Gasteiger partial charge in [-0.25, -0.2) is 4.52 Å². The summed E-state index contributed by atoms with van der Waals surface area (Å²) < 4.78 is 1.89. The molecule has 0 saturated heterocycles. The largest absolute Gasteiger partial charge is 0.254 e. The van der Waals surface area contributed by atoms with Crippen molar-refractivity contribution in [2.45, 2.75) is 26.7 Å². The summed E-state index contributed by atoms with van der Waals surface area (Å²) in [5.74, 6) is 0.444. The number of fused-ring (bicyclic) bond motifs is 1. The van der Waals surface area contributed by atoms with Gasteiger partial charge in [-0.1, -0.05) is 13.8 Å². The average molecular weight is 175 g/mol. The van der Waals surface area contributed by atoms with Crippen molar-refractivity contribution in [2.75, 3.05) is 0 Å². The molecule has 0 unspecified atom stereocenters. The lowest BCUT2D eigenvalue weighted by Gasteiger charge is -2.07. The molecule has 2 heterocycles. The van der Waals surface area contributed by atoms with Gasteiger partial charge in [-0.2, -0.15) is 5.10 Å². The minimum atomic E-state index is 0.444. The van der Waals surface area contributed by atoms with Gasteiger partial charge in [-0.05, 0) is 18.9 Å². The topological polar surface area (TPSA) is 30.2 Å². The van der Waals surface area contributed by atoms with Gasteiger partial charge < -0.3 is 0 Å². The molecule has 0 radical (unpaired) electrons. The van der Waals surface area contributed by atoms with Crippen LogP contribution in [0.15, 0.2) is 18.5 Å². The first-order valence-corrected chi connectivity index (χ1v) is 4.49. The van der Waals surface area contributed by atoms with Gasteiger partial charge in [0.25, 0.3) is 0 Å². The molecule has 0 fully saturated rings. The molecule has 0 aliphatic heterocycles. The molecular formula is C10H13N3. The SMILES string of the molecule is Cc1cn2nccc2c(C(C)C)n1. The number of aryl methyl sites for hydroxylation is 1. The van der Waals surface area contributed by atoms with Crippen molar-refractivity contribution in [1.29, 1.82) is 0 Å². The molecule has 13 heavy (non-hydrogen) atoms. The van der Waals surface area contributed by atoms with E-state index in [1.54, 1.807) is 0 Å². The maximum atomic E-state index is 4.51. The smallest absolute Gasteiger partial charge is 0.0879 e. The van der Waals surface area contributed by atoms with Crippen molar-refractivity contribution in [2.24, 2.45) is 0 Å². The van der Waals surface area contributed by atoms with Crippen molar-refractivity contribution in [3.8, 4) is 0 Å². The van der Waals surface area contributed by atoms with E-state index in [1.165, 1.54) is 0 Å². The van der Waals surface area contributed by atoms with Crippen LogP contribution in [0.2, 0.25) is 0 Å². The van der Waals surface area contributed by atoms with Gasteiger partial charge in [0.15, 0.2) is 0 Å². The van der Waals surface area contributed by atoms with E-state index in [0.29, 0.717) is 5.92 Å². The zero-order chi connectivity index (χ0) is 9.42. The molecule has 0 aliphatic carbocycles. The second-order valence-corrected chi connectivity index (χ2v) is 3.58. The molecule has 0 saturated carbocycles. The van der Waals surface area contributed by atoms with Crippen LogP contribution >= 0.6 is 0 Å². The second-order valence-electron chi connectivity index (χ2n) is 3.58. The summed E-state index contributed by atoms with van der Waals surface area (Å²) in [6, 6.07) is 2.00. The van der Waals surface area contributed by atoms with Crippen molar-refractivity contribution in [3.05, 3.63) is 29.8 Å². The Morgan fingerprint density at radius 3 is 2.85 bits per heavy atom. The molecular weight excluding hydrogens is 162 g/mol. The zero-order valence-electron chi connectivity index (χ0n) is 8.15. The molecule has 0 atom stereocenters. The zero-order valence-corrected chi connectivity index (χ0v) is 8.15. The molecule has 0 N–H and O–H groups in total. The summed E-state index contributed by atoms with van der Waals surface area (Å²) in [5.41, 5.74) is 3.25. The maximum absolute atomic E-state index is 4.51. The van der Waals surface area contributed by atoms with E-state index < -0.39 is 0 Å². The normalized spacial score (nSPS) is 11.4. The van der Waals surface area contributed by atoms with Crippen LogP contribution in [0.5, 0.6) is 0 Å². The molecule has 0 bridgehead atoms. The minimum absolute atomic E-state index is 0.444. The highest BCUT2D eigenvalue weighted by atomic mass is 15.2. The standard InChI is InChI=1S/C10H13N3/c1-7(2)10-9-4-5-11-13(9)6-8(3)12-10/h4-7H,1-3H3. The molecule has 3 heteroatoms. The van der Waals surface area contributed by atoms with Gasteiger partial charge in [0, 0.05) is 0 Å². The Bertz CT molecular complexity index is 429. The Balaban J connectivity index is 2.77. The summed E-state index contributed by atoms with van der Waals surface area (Å²) in [5, 5.41) is 4.20. The first kappa shape index (κ1) is 8.23.